The molecule has 0 aliphatic heterocycles. The van der Waals surface area contributed by atoms with E-state index in [1.807, 2.05) is 30.3 Å². The summed E-state index contributed by atoms with van der Waals surface area (Å²) in [5, 5.41) is 0. The number of carbonyl (C=O) groups excluding carboxylic acids is 2. The van der Waals surface area contributed by atoms with E-state index >= 15 is 0 Å². The second-order valence-corrected chi connectivity index (χ2v) is 10.1. The van der Waals surface area contributed by atoms with Gasteiger partial charge in [0.25, 0.3) is 0 Å². The maximum Gasteiger partial charge on any atom is 0.478 e. The van der Waals surface area contributed by atoms with Gasteiger partial charge >= 0.3 is 19.8 Å². The molecule has 0 aromatic heterocycles. The van der Waals surface area contributed by atoms with E-state index in [1.165, 1.54) is 0 Å². The Bertz CT molecular complexity index is 699. The fourth-order valence-corrected chi connectivity index (χ4v) is 3.82. The molecule has 8 nitrogen and oxygen atoms in total. The lowest BCUT2D eigenvalue weighted by Gasteiger charge is -2.30. The molecule has 0 spiro atoms. The van der Waals surface area contributed by atoms with Crippen molar-refractivity contribution in [1.82, 2.24) is 0 Å². The third-order valence-corrected chi connectivity index (χ3v) is 5.17. The third-order valence-electron chi connectivity index (χ3n) is 3.21. The van der Waals surface area contributed by atoms with E-state index in [0.717, 1.165) is 5.56 Å². The van der Waals surface area contributed by atoms with Gasteiger partial charge in [-0.05, 0) is 53.5 Å². The first-order valence-corrected chi connectivity index (χ1v) is 11.3. The van der Waals surface area contributed by atoms with E-state index in [9.17, 15) is 14.2 Å². The zero-order valence-electron chi connectivity index (χ0n) is 18.6. The highest BCUT2D eigenvalue weighted by Gasteiger charge is 2.37. The number of hydrogen-bond donors (Lipinski definition) is 0. The van der Waals surface area contributed by atoms with E-state index < -0.39 is 37.8 Å². The van der Waals surface area contributed by atoms with E-state index in [1.54, 1.807) is 41.5 Å². The molecule has 0 aliphatic carbocycles. The molecule has 9 heteroatoms. The fraction of sp³-hybridized carbons (Fsp3) is 0.619. The Morgan fingerprint density at radius 2 is 1.33 bits per heavy atom. The summed E-state index contributed by atoms with van der Waals surface area (Å²) in [6.45, 7) is 9.84. The molecular weight excluding hydrogens is 411 g/mol. The molecule has 0 saturated heterocycles. The molecule has 1 rings (SSSR count). The Morgan fingerprint density at radius 3 is 1.83 bits per heavy atom. The van der Waals surface area contributed by atoms with E-state index in [-0.39, 0.29) is 25.9 Å². The van der Waals surface area contributed by atoms with Crippen LogP contribution in [0.3, 0.4) is 0 Å². The number of rotatable bonds is 11. The van der Waals surface area contributed by atoms with E-state index in [2.05, 4.69) is 0 Å². The maximum absolute atomic E-state index is 12.8. The minimum absolute atomic E-state index is 0.00560. The number of hydrogen-bond acceptors (Lipinski definition) is 8. The predicted molar refractivity (Wildman–Crippen MR) is 111 cm³/mol. The number of carbonyl (C=O) groups is 2. The number of ether oxygens (including phenoxy) is 2. The van der Waals surface area contributed by atoms with Crippen LogP contribution in [0.15, 0.2) is 30.3 Å². The summed E-state index contributed by atoms with van der Waals surface area (Å²) in [7, 11) is -3.95. The molecule has 0 bridgehead atoms. The zero-order valence-corrected chi connectivity index (χ0v) is 19.5. The fourth-order valence-electron chi connectivity index (χ4n) is 2.16. The molecule has 0 radical (unpaired) electrons. The first-order chi connectivity index (χ1) is 13.8. The van der Waals surface area contributed by atoms with Gasteiger partial charge in [0.2, 0.25) is 6.79 Å². The second kappa shape index (κ2) is 11.6. The van der Waals surface area contributed by atoms with Gasteiger partial charge in [0.15, 0.2) is 0 Å². The lowest BCUT2D eigenvalue weighted by Crippen LogP contribution is -2.25. The first-order valence-electron chi connectivity index (χ1n) is 9.79. The van der Waals surface area contributed by atoms with Crippen molar-refractivity contribution in [2.45, 2.75) is 78.6 Å². The Morgan fingerprint density at radius 1 is 0.833 bits per heavy atom. The van der Waals surface area contributed by atoms with Crippen LogP contribution in [-0.2, 0) is 43.8 Å². The number of phosphoric acid groups is 1. The number of benzene rings is 1. The highest BCUT2D eigenvalue weighted by molar-refractivity contribution is 7.48. The largest absolute Gasteiger partial charge is 0.478 e. The van der Waals surface area contributed by atoms with Crippen molar-refractivity contribution >= 4 is 19.8 Å². The van der Waals surface area contributed by atoms with Gasteiger partial charge < -0.3 is 9.47 Å². The van der Waals surface area contributed by atoms with Crippen LogP contribution in [0.4, 0.5) is 0 Å². The maximum atomic E-state index is 12.8. The molecule has 0 amide bonds. The molecule has 1 aromatic rings. The van der Waals surface area contributed by atoms with E-state index in [4.69, 9.17) is 23.0 Å². The topological polar surface area (TPSA) is 97.4 Å². The van der Waals surface area contributed by atoms with Crippen molar-refractivity contribution < 1.29 is 37.2 Å². The Hall–Kier alpha value is -1.73. The van der Waals surface area contributed by atoms with Crippen molar-refractivity contribution in [2.75, 3.05) is 6.79 Å². The summed E-state index contributed by atoms with van der Waals surface area (Å²) in [6.07, 6.45) is 0.344. The zero-order chi connectivity index (χ0) is 22.8. The highest BCUT2D eigenvalue weighted by Crippen LogP contribution is 2.55. The summed E-state index contributed by atoms with van der Waals surface area (Å²) >= 11 is 0. The Balaban J connectivity index is 2.33. The molecule has 0 fully saturated rings. The quantitative estimate of drug-likeness (QED) is 0.262. The SMILES string of the molecule is CC(C)(C)OP(=O)(OCOC(=O)CCCC(=O)OCc1ccccc1)OC(C)(C)C. The standard InChI is InChI=1S/C21H33O8P/c1-20(2,3)28-30(24,29-21(4,5)6)27-16-26-19(23)14-10-13-18(22)25-15-17-11-8-7-9-12-17/h7-9,11-12H,10,13-16H2,1-6H3. The minimum Gasteiger partial charge on any atom is -0.461 e. The summed E-state index contributed by atoms with van der Waals surface area (Å²) in [6, 6.07) is 9.31. The van der Waals surface area contributed by atoms with Gasteiger partial charge in [0.1, 0.15) is 6.61 Å². The molecular formula is C21H33O8P. The highest BCUT2D eigenvalue weighted by atomic mass is 31.2. The molecule has 0 saturated carbocycles. The van der Waals surface area contributed by atoms with Crippen LogP contribution in [0.2, 0.25) is 0 Å². The molecule has 0 atom stereocenters. The minimum atomic E-state index is -3.95. The molecule has 1 aromatic carbocycles. The summed E-state index contributed by atoms with van der Waals surface area (Å²) < 4.78 is 38.9. The molecule has 0 heterocycles. The van der Waals surface area contributed by atoms with Gasteiger partial charge in [-0.25, -0.2) is 9.09 Å². The lowest BCUT2D eigenvalue weighted by molar-refractivity contribution is -0.152. The monoisotopic (exact) mass is 444 g/mol. The summed E-state index contributed by atoms with van der Waals surface area (Å²) in [5.74, 6) is -0.992. The van der Waals surface area contributed by atoms with Crippen LogP contribution in [-0.4, -0.2) is 29.9 Å². The van der Waals surface area contributed by atoms with Crippen LogP contribution in [0, 0.1) is 0 Å². The van der Waals surface area contributed by atoms with Crippen LogP contribution in [0.25, 0.3) is 0 Å². The van der Waals surface area contributed by atoms with Gasteiger partial charge in [0.05, 0.1) is 11.2 Å². The molecule has 0 aliphatic rings. The third kappa shape index (κ3) is 12.8. The van der Waals surface area contributed by atoms with Gasteiger partial charge in [0, 0.05) is 12.8 Å². The van der Waals surface area contributed by atoms with Crippen LogP contribution >= 0.6 is 7.82 Å². The number of phosphoric ester groups is 1. The molecule has 0 N–H and O–H groups in total. The van der Waals surface area contributed by atoms with Crippen LogP contribution in [0.5, 0.6) is 0 Å². The average Bonchev–Trinajstić information content (AvgIpc) is 2.57. The van der Waals surface area contributed by atoms with Crippen LogP contribution in [0.1, 0.15) is 66.4 Å². The summed E-state index contributed by atoms with van der Waals surface area (Å²) in [5.41, 5.74) is -0.683. The molecule has 30 heavy (non-hydrogen) atoms. The van der Waals surface area contributed by atoms with Gasteiger partial charge in [-0.1, -0.05) is 30.3 Å². The molecule has 0 unspecified atom stereocenters. The average molecular weight is 444 g/mol. The van der Waals surface area contributed by atoms with Crippen molar-refractivity contribution in [1.29, 1.82) is 0 Å². The summed E-state index contributed by atoms with van der Waals surface area (Å²) in [4.78, 5) is 23.6. The number of esters is 2. The van der Waals surface area contributed by atoms with Gasteiger partial charge in [-0.15, -0.1) is 0 Å². The Labute approximate surface area is 178 Å². The second-order valence-electron chi connectivity index (χ2n) is 8.62. The Kier molecular flexibility index (Phi) is 10.2. The van der Waals surface area contributed by atoms with Crippen LogP contribution < -0.4 is 0 Å². The van der Waals surface area contributed by atoms with Crippen molar-refractivity contribution in [3.05, 3.63) is 35.9 Å². The first kappa shape index (κ1) is 26.3. The van der Waals surface area contributed by atoms with E-state index in [0.29, 0.717) is 0 Å². The van der Waals surface area contributed by atoms with Crippen molar-refractivity contribution in [3.63, 3.8) is 0 Å². The smallest absolute Gasteiger partial charge is 0.461 e. The molecule has 170 valence electrons. The lowest BCUT2D eigenvalue weighted by atomic mass is 10.2. The van der Waals surface area contributed by atoms with Crippen molar-refractivity contribution in [2.24, 2.45) is 0 Å². The van der Waals surface area contributed by atoms with Crippen molar-refractivity contribution in [3.8, 4) is 0 Å². The predicted octanol–water partition coefficient (Wildman–Crippen LogP) is 5.16. The van der Waals surface area contributed by atoms with Gasteiger partial charge in [-0.2, -0.15) is 0 Å². The van der Waals surface area contributed by atoms with Gasteiger partial charge in [-0.3, -0.25) is 18.6 Å². The normalized spacial score (nSPS) is 12.5.